The molecule has 0 heterocycles. The molecule has 2 aromatic rings. The van der Waals surface area contributed by atoms with Crippen molar-refractivity contribution in [2.45, 2.75) is 103 Å². The highest BCUT2D eigenvalue weighted by atomic mass is 19.3. The monoisotopic (exact) mass is 512 g/mol. The molecule has 0 radical (unpaired) electrons. The Morgan fingerprint density at radius 2 is 1.31 bits per heavy atom. The predicted octanol–water partition coefficient (Wildman–Crippen LogP) is 9.44. The topological polar surface area (TPSA) is 9.23 Å². The molecule has 2 aromatic carbocycles. The largest absolute Gasteiger partial charge is 0.373 e. The minimum absolute atomic E-state index is 0.0549. The number of alkyl halides is 4. The molecule has 1 saturated carbocycles. The number of unbranched alkanes of at least 4 members (excludes halogenated alkanes) is 2. The number of aryl methyl sites for hydroxylation is 1. The number of fused-ring (bicyclic) bond motifs is 3. The normalized spacial score (nSPS) is 22.2. The second kappa shape index (κ2) is 10.8. The first-order valence-electron chi connectivity index (χ1n) is 13.1. The van der Waals surface area contributed by atoms with Crippen LogP contribution in [0.15, 0.2) is 24.3 Å². The van der Waals surface area contributed by atoms with Gasteiger partial charge in [-0.1, -0.05) is 70.2 Å². The minimum atomic E-state index is -4.91. The molecule has 2 aliphatic rings. The molecular weight excluding hydrogens is 478 g/mol. The summed E-state index contributed by atoms with van der Waals surface area (Å²) in [6.07, 6.45) is 8.91. The van der Waals surface area contributed by atoms with Crippen molar-refractivity contribution in [2.24, 2.45) is 5.92 Å². The lowest BCUT2D eigenvalue weighted by atomic mass is 9.78. The van der Waals surface area contributed by atoms with Gasteiger partial charge in [0.05, 0.1) is 23.8 Å². The summed E-state index contributed by atoms with van der Waals surface area (Å²) in [5.41, 5.74) is -3.79. The molecule has 0 spiro atoms. The minimum Gasteiger partial charge on any atom is -0.373 e. The van der Waals surface area contributed by atoms with Crippen molar-refractivity contribution in [1.82, 2.24) is 0 Å². The molecule has 1 fully saturated rings. The summed E-state index contributed by atoms with van der Waals surface area (Å²) < 4.78 is 96.7. The van der Waals surface area contributed by atoms with E-state index in [1.807, 2.05) is 0 Å². The van der Waals surface area contributed by atoms with Crippen molar-refractivity contribution in [3.8, 4) is 11.1 Å². The number of halogens is 6. The number of benzene rings is 2. The van der Waals surface area contributed by atoms with Crippen molar-refractivity contribution in [3.05, 3.63) is 58.2 Å². The Bertz CT molecular complexity index is 1070. The fraction of sp³-hybridized carbons (Fsp3) is 0.586. The maximum Gasteiger partial charge on any atom is 0.343 e. The molecule has 4 rings (SSSR count). The molecule has 0 aromatic heterocycles. The summed E-state index contributed by atoms with van der Waals surface area (Å²) in [6, 6.07) is 4.98. The van der Waals surface area contributed by atoms with Crippen LogP contribution in [0, 0.1) is 17.6 Å². The van der Waals surface area contributed by atoms with E-state index in [1.165, 1.54) is 49.9 Å². The molecule has 0 N–H and O–H groups in total. The molecular formula is C29H34F6O. The van der Waals surface area contributed by atoms with Gasteiger partial charge >= 0.3 is 11.8 Å². The maximum atomic E-state index is 15.4. The van der Waals surface area contributed by atoms with Gasteiger partial charge in [-0.05, 0) is 54.7 Å². The van der Waals surface area contributed by atoms with Crippen LogP contribution in [0.3, 0.4) is 0 Å². The Balaban J connectivity index is 1.57. The standard InChI is InChI=1S/C29H34F6O/c1-3-5-6-8-18-9-13-21(14-10-18)36-17-20-12-16-23-22-15-11-19(7-4-2)26(30)24(22)28(32,33)29(34,35)25(23)27(20)31/h11-12,15-16,18,21H,3-10,13-14,17H2,1-2H3. The van der Waals surface area contributed by atoms with E-state index in [1.54, 1.807) is 6.92 Å². The highest BCUT2D eigenvalue weighted by Crippen LogP contribution is 2.59. The van der Waals surface area contributed by atoms with Gasteiger partial charge in [-0.25, -0.2) is 8.78 Å². The SMILES string of the molecule is CCCCCC1CCC(OCc2ccc3c(c2F)C(F)(F)C(F)(F)c2c-3ccc(CCC)c2F)CC1. The molecule has 0 saturated heterocycles. The second-order valence-corrected chi connectivity index (χ2v) is 10.3. The Morgan fingerprint density at radius 1 is 0.750 bits per heavy atom. The second-order valence-electron chi connectivity index (χ2n) is 10.3. The first-order valence-corrected chi connectivity index (χ1v) is 13.1. The fourth-order valence-corrected chi connectivity index (χ4v) is 5.67. The zero-order valence-electron chi connectivity index (χ0n) is 20.9. The molecule has 36 heavy (non-hydrogen) atoms. The average molecular weight is 513 g/mol. The fourth-order valence-electron chi connectivity index (χ4n) is 5.67. The van der Waals surface area contributed by atoms with Gasteiger partial charge in [-0.2, -0.15) is 17.6 Å². The van der Waals surface area contributed by atoms with Gasteiger partial charge in [0.1, 0.15) is 11.6 Å². The van der Waals surface area contributed by atoms with E-state index in [0.717, 1.165) is 25.7 Å². The van der Waals surface area contributed by atoms with Crippen LogP contribution < -0.4 is 0 Å². The summed E-state index contributed by atoms with van der Waals surface area (Å²) in [5, 5.41) is 0. The summed E-state index contributed by atoms with van der Waals surface area (Å²) in [4.78, 5) is 0. The van der Waals surface area contributed by atoms with Crippen molar-refractivity contribution in [1.29, 1.82) is 0 Å². The van der Waals surface area contributed by atoms with Gasteiger partial charge < -0.3 is 4.74 Å². The molecule has 0 unspecified atom stereocenters. The van der Waals surface area contributed by atoms with Crippen molar-refractivity contribution < 1.29 is 31.1 Å². The number of hydrogen-bond acceptors (Lipinski definition) is 1. The highest BCUT2D eigenvalue weighted by molar-refractivity contribution is 5.77. The van der Waals surface area contributed by atoms with Gasteiger partial charge in [-0.3, -0.25) is 0 Å². The van der Waals surface area contributed by atoms with Gasteiger partial charge in [0.2, 0.25) is 0 Å². The lowest BCUT2D eigenvalue weighted by Crippen LogP contribution is -2.41. The van der Waals surface area contributed by atoms with Crippen LogP contribution in [0.5, 0.6) is 0 Å². The third-order valence-corrected chi connectivity index (χ3v) is 7.76. The highest BCUT2D eigenvalue weighted by Gasteiger charge is 2.65. The molecule has 0 atom stereocenters. The first kappa shape index (κ1) is 27.0. The van der Waals surface area contributed by atoms with Gasteiger partial charge in [0.25, 0.3) is 0 Å². The van der Waals surface area contributed by atoms with Crippen LogP contribution in [0.4, 0.5) is 26.3 Å². The lowest BCUT2D eigenvalue weighted by molar-refractivity contribution is -0.228. The van der Waals surface area contributed by atoms with Gasteiger partial charge in [0, 0.05) is 5.56 Å². The lowest BCUT2D eigenvalue weighted by Gasteiger charge is -2.36. The Morgan fingerprint density at radius 3 is 1.86 bits per heavy atom. The summed E-state index contributed by atoms with van der Waals surface area (Å²) in [7, 11) is 0. The van der Waals surface area contributed by atoms with E-state index in [4.69, 9.17) is 4.74 Å². The third kappa shape index (κ3) is 4.80. The van der Waals surface area contributed by atoms with Crippen LogP contribution in [-0.2, 0) is 29.6 Å². The van der Waals surface area contributed by atoms with Crippen molar-refractivity contribution >= 4 is 0 Å². The zero-order valence-corrected chi connectivity index (χ0v) is 20.9. The smallest absolute Gasteiger partial charge is 0.343 e. The van der Waals surface area contributed by atoms with E-state index in [0.29, 0.717) is 12.3 Å². The van der Waals surface area contributed by atoms with Crippen molar-refractivity contribution in [3.63, 3.8) is 0 Å². The van der Waals surface area contributed by atoms with E-state index < -0.39 is 45.7 Å². The molecule has 0 aliphatic heterocycles. The Kier molecular flexibility index (Phi) is 8.08. The maximum absolute atomic E-state index is 15.4. The van der Waals surface area contributed by atoms with Gasteiger partial charge in [-0.15, -0.1) is 0 Å². The Hall–Kier alpha value is -2.02. The molecule has 2 aliphatic carbocycles. The number of hydrogen-bond donors (Lipinski definition) is 0. The third-order valence-electron chi connectivity index (χ3n) is 7.76. The van der Waals surface area contributed by atoms with E-state index in [-0.39, 0.29) is 30.3 Å². The molecule has 0 bridgehead atoms. The Labute approximate surface area is 209 Å². The quantitative estimate of drug-likeness (QED) is 0.240. The van der Waals surface area contributed by atoms with Crippen LogP contribution in [-0.4, -0.2) is 6.10 Å². The summed E-state index contributed by atoms with van der Waals surface area (Å²) >= 11 is 0. The number of ether oxygens (including phenoxy) is 1. The predicted molar refractivity (Wildman–Crippen MR) is 128 cm³/mol. The van der Waals surface area contributed by atoms with Gasteiger partial charge in [0.15, 0.2) is 0 Å². The first-order chi connectivity index (χ1) is 17.1. The summed E-state index contributed by atoms with van der Waals surface area (Å²) in [6.45, 7) is 3.63. The molecule has 7 heteroatoms. The van der Waals surface area contributed by atoms with Crippen LogP contribution >= 0.6 is 0 Å². The number of rotatable bonds is 9. The van der Waals surface area contributed by atoms with Crippen LogP contribution in [0.25, 0.3) is 11.1 Å². The van der Waals surface area contributed by atoms with Crippen LogP contribution in [0.1, 0.15) is 93.9 Å². The van der Waals surface area contributed by atoms with E-state index in [2.05, 4.69) is 6.92 Å². The zero-order chi connectivity index (χ0) is 26.1. The summed E-state index contributed by atoms with van der Waals surface area (Å²) in [5.74, 6) is -11.9. The average Bonchev–Trinajstić information content (AvgIpc) is 2.84. The van der Waals surface area contributed by atoms with Crippen molar-refractivity contribution in [2.75, 3.05) is 0 Å². The van der Waals surface area contributed by atoms with E-state index in [9.17, 15) is 4.39 Å². The van der Waals surface area contributed by atoms with Crippen LogP contribution in [0.2, 0.25) is 0 Å². The molecule has 0 amide bonds. The molecule has 1 nitrogen and oxygen atoms in total. The van der Waals surface area contributed by atoms with E-state index >= 15 is 22.0 Å². The molecule has 198 valence electrons.